The number of nitrogens with one attached hydrogen (secondary N) is 1. The van der Waals surface area contributed by atoms with Crippen molar-refractivity contribution in [1.82, 2.24) is 0 Å². The highest BCUT2D eigenvalue weighted by Gasteiger charge is 2.25. The summed E-state index contributed by atoms with van der Waals surface area (Å²) < 4.78 is 6.16. The van der Waals surface area contributed by atoms with E-state index in [0.717, 1.165) is 34.0 Å². The SMILES string of the molecule is C/C=C\c1c(C)oc2c1-c1ccccc1Nc1ccccc1-2. The van der Waals surface area contributed by atoms with Crippen LogP contribution < -0.4 is 5.32 Å². The average Bonchev–Trinajstić information content (AvgIpc) is 2.78. The molecule has 0 saturated heterocycles. The highest BCUT2D eigenvalue weighted by molar-refractivity contribution is 6.00. The zero-order chi connectivity index (χ0) is 15.1. The first kappa shape index (κ1) is 13.0. The van der Waals surface area contributed by atoms with Crippen LogP contribution in [0.4, 0.5) is 11.4 Å². The van der Waals surface area contributed by atoms with E-state index in [1.54, 1.807) is 0 Å². The third kappa shape index (κ3) is 1.81. The molecule has 1 aromatic heterocycles. The number of fused-ring (bicyclic) bond motifs is 5. The lowest BCUT2D eigenvalue weighted by Gasteiger charge is -2.09. The van der Waals surface area contributed by atoms with Crippen molar-refractivity contribution in [3.05, 3.63) is 65.9 Å². The molecule has 4 rings (SSSR count). The number of furan rings is 1. The normalized spacial score (nSPS) is 12.3. The van der Waals surface area contributed by atoms with Gasteiger partial charge in [0.15, 0.2) is 0 Å². The fraction of sp³-hybridized carbons (Fsp3) is 0.100. The van der Waals surface area contributed by atoms with Gasteiger partial charge in [-0.05, 0) is 32.0 Å². The van der Waals surface area contributed by atoms with Gasteiger partial charge in [-0.25, -0.2) is 0 Å². The molecular formula is C20H17NO. The molecule has 0 atom stereocenters. The van der Waals surface area contributed by atoms with Gasteiger partial charge in [-0.1, -0.05) is 42.5 Å². The Kier molecular flexibility index (Phi) is 2.90. The fourth-order valence-electron chi connectivity index (χ4n) is 3.13. The minimum atomic E-state index is 0.943. The molecule has 2 heteroatoms. The molecule has 0 aliphatic carbocycles. The Morgan fingerprint density at radius 3 is 2.27 bits per heavy atom. The summed E-state index contributed by atoms with van der Waals surface area (Å²) in [6.45, 7) is 4.07. The lowest BCUT2D eigenvalue weighted by atomic mass is 9.97. The van der Waals surface area contributed by atoms with Gasteiger partial charge in [0.1, 0.15) is 11.5 Å². The summed E-state index contributed by atoms with van der Waals surface area (Å²) in [5.74, 6) is 1.90. The molecule has 0 fully saturated rings. The van der Waals surface area contributed by atoms with Crippen molar-refractivity contribution in [1.29, 1.82) is 0 Å². The number of aryl methyl sites for hydroxylation is 1. The lowest BCUT2D eigenvalue weighted by molar-refractivity contribution is 0.548. The first-order valence-corrected chi connectivity index (χ1v) is 7.51. The molecular weight excluding hydrogens is 270 g/mol. The van der Waals surface area contributed by atoms with Gasteiger partial charge in [0, 0.05) is 33.6 Å². The Morgan fingerprint density at radius 2 is 1.55 bits per heavy atom. The van der Waals surface area contributed by atoms with Crippen molar-refractivity contribution in [3.8, 4) is 22.5 Å². The second kappa shape index (κ2) is 4.92. The van der Waals surface area contributed by atoms with Crippen LogP contribution in [0.1, 0.15) is 18.2 Å². The third-order valence-corrected chi connectivity index (χ3v) is 4.10. The van der Waals surface area contributed by atoms with E-state index < -0.39 is 0 Å². The van der Waals surface area contributed by atoms with Crippen LogP contribution in [0.15, 0.2) is 59.0 Å². The van der Waals surface area contributed by atoms with Gasteiger partial charge in [0.2, 0.25) is 0 Å². The van der Waals surface area contributed by atoms with Gasteiger partial charge in [0.05, 0.1) is 0 Å². The molecule has 1 aliphatic heterocycles. The Balaban J connectivity index is 2.15. The molecule has 2 aromatic carbocycles. The summed E-state index contributed by atoms with van der Waals surface area (Å²) in [5, 5.41) is 3.54. The molecule has 0 radical (unpaired) electrons. The van der Waals surface area contributed by atoms with E-state index in [1.807, 2.05) is 26.0 Å². The third-order valence-electron chi connectivity index (χ3n) is 4.10. The number of hydrogen-bond acceptors (Lipinski definition) is 2. The van der Waals surface area contributed by atoms with Crippen LogP contribution in [0.5, 0.6) is 0 Å². The molecule has 0 unspecified atom stereocenters. The summed E-state index contributed by atoms with van der Waals surface area (Å²) in [7, 11) is 0. The number of para-hydroxylation sites is 2. The van der Waals surface area contributed by atoms with Crippen molar-refractivity contribution in [3.63, 3.8) is 0 Å². The highest BCUT2D eigenvalue weighted by Crippen LogP contribution is 2.48. The minimum Gasteiger partial charge on any atom is -0.460 e. The summed E-state index contributed by atoms with van der Waals surface area (Å²) in [5.41, 5.74) is 6.80. The summed E-state index contributed by atoms with van der Waals surface area (Å²) in [6, 6.07) is 16.7. The number of anilines is 2. The van der Waals surface area contributed by atoms with Gasteiger partial charge in [-0.3, -0.25) is 0 Å². The van der Waals surface area contributed by atoms with E-state index in [0.29, 0.717) is 0 Å². The van der Waals surface area contributed by atoms with E-state index in [1.165, 1.54) is 11.1 Å². The summed E-state index contributed by atoms with van der Waals surface area (Å²) in [4.78, 5) is 0. The second-order valence-corrected chi connectivity index (χ2v) is 5.49. The fourth-order valence-corrected chi connectivity index (χ4v) is 3.13. The maximum Gasteiger partial charge on any atom is 0.144 e. The zero-order valence-electron chi connectivity index (χ0n) is 12.7. The molecule has 0 bridgehead atoms. The van der Waals surface area contributed by atoms with Crippen molar-refractivity contribution in [2.24, 2.45) is 0 Å². The Bertz CT molecular complexity index is 886. The molecule has 0 amide bonds. The van der Waals surface area contributed by atoms with Crippen molar-refractivity contribution in [2.45, 2.75) is 13.8 Å². The molecule has 2 nitrogen and oxygen atoms in total. The Hall–Kier alpha value is -2.74. The first-order chi connectivity index (χ1) is 10.8. The molecule has 3 aromatic rings. The largest absolute Gasteiger partial charge is 0.460 e. The monoisotopic (exact) mass is 287 g/mol. The topological polar surface area (TPSA) is 25.2 Å². The molecule has 0 spiro atoms. The van der Waals surface area contributed by atoms with E-state index in [2.05, 4.69) is 53.9 Å². The summed E-state index contributed by atoms with van der Waals surface area (Å²) >= 11 is 0. The number of rotatable bonds is 1. The van der Waals surface area contributed by atoms with Crippen molar-refractivity contribution >= 4 is 17.5 Å². The second-order valence-electron chi connectivity index (χ2n) is 5.49. The summed E-state index contributed by atoms with van der Waals surface area (Å²) in [6.07, 6.45) is 4.19. The van der Waals surface area contributed by atoms with Gasteiger partial charge < -0.3 is 9.73 Å². The predicted molar refractivity (Wildman–Crippen MR) is 92.3 cm³/mol. The van der Waals surface area contributed by atoms with Gasteiger partial charge in [0.25, 0.3) is 0 Å². The van der Waals surface area contributed by atoms with Gasteiger partial charge in [-0.15, -0.1) is 0 Å². The van der Waals surface area contributed by atoms with E-state index in [9.17, 15) is 0 Å². The van der Waals surface area contributed by atoms with Crippen LogP contribution in [0, 0.1) is 6.92 Å². The van der Waals surface area contributed by atoms with Gasteiger partial charge in [-0.2, -0.15) is 0 Å². The number of allylic oxidation sites excluding steroid dienone is 1. The lowest BCUT2D eigenvalue weighted by Crippen LogP contribution is -1.91. The van der Waals surface area contributed by atoms with E-state index in [-0.39, 0.29) is 0 Å². The van der Waals surface area contributed by atoms with Crippen LogP contribution in [-0.4, -0.2) is 0 Å². The van der Waals surface area contributed by atoms with Crippen LogP contribution in [0.3, 0.4) is 0 Å². The van der Waals surface area contributed by atoms with Crippen molar-refractivity contribution in [2.75, 3.05) is 5.32 Å². The smallest absolute Gasteiger partial charge is 0.144 e. The van der Waals surface area contributed by atoms with Crippen molar-refractivity contribution < 1.29 is 4.42 Å². The molecule has 0 saturated carbocycles. The van der Waals surface area contributed by atoms with Crippen LogP contribution in [-0.2, 0) is 0 Å². The van der Waals surface area contributed by atoms with E-state index >= 15 is 0 Å². The number of benzene rings is 2. The molecule has 22 heavy (non-hydrogen) atoms. The van der Waals surface area contributed by atoms with Gasteiger partial charge >= 0.3 is 0 Å². The molecule has 108 valence electrons. The first-order valence-electron chi connectivity index (χ1n) is 7.51. The standard InChI is InChI=1S/C20H17NO/c1-3-8-14-13(2)22-20-16-10-5-7-12-18(16)21-17-11-6-4-9-15(17)19(14)20/h3-12,21H,1-2H3/b8-3-. The molecule has 1 N–H and O–H groups in total. The average molecular weight is 287 g/mol. The Labute approximate surface area is 130 Å². The molecule has 1 aliphatic rings. The molecule has 2 heterocycles. The highest BCUT2D eigenvalue weighted by atomic mass is 16.3. The Morgan fingerprint density at radius 1 is 0.909 bits per heavy atom. The van der Waals surface area contributed by atoms with Crippen LogP contribution >= 0.6 is 0 Å². The van der Waals surface area contributed by atoms with Crippen LogP contribution in [0.25, 0.3) is 28.5 Å². The predicted octanol–water partition coefficient (Wildman–Crippen LogP) is 6.01. The maximum absolute atomic E-state index is 6.16. The van der Waals surface area contributed by atoms with E-state index in [4.69, 9.17) is 4.42 Å². The number of hydrogen-bond donors (Lipinski definition) is 1. The zero-order valence-corrected chi connectivity index (χ0v) is 12.7. The van der Waals surface area contributed by atoms with Crippen LogP contribution in [0.2, 0.25) is 0 Å². The quantitative estimate of drug-likeness (QED) is 0.463. The minimum absolute atomic E-state index is 0.943. The maximum atomic E-state index is 6.16.